The van der Waals surface area contributed by atoms with Gasteiger partial charge in [-0.25, -0.2) is 6.07 Å². The van der Waals surface area contributed by atoms with Crippen LogP contribution in [0.5, 0.6) is 0 Å². The fraction of sp³-hybridized carbons (Fsp3) is 0.312. The first-order chi connectivity index (χ1) is 16.1. The van der Waals surface area contributed by atoms with E-state index in [0.717, 1.165) is 6.42 Å². The molecule has 4 rings (SSSR count). The van der Waals surface area contributed by atoms with Gasteiger partial charge in [-0.3, -0.25) is 0 Å². The van der Waals surface area contributed by atoms with Crippen molar-refractivity contribution in [3.63, 3.8) is 0 Å². The fourth-order valence-electron chi connectivity index (χ4n) is 4.80. The second-order valence-electron chi connectivity index (χ2n) is 10.6. The van der Waals surface area contributed by atoms with E-state index in [4.69, 9.17) is 0 Å². The van der Waals surface area contributed by atoms with E-state index in [9.17, 15) is 0 Å². The van der Waals surface area contributed by atoms with Crippen LogP contribution >= 0.6 is 15.8 Å². The Labute approximate surface area is 227 Å². The van der Waals surface area contributed by atoms with Gasteiger partial charge in [0.05, 0.1) is 0 Å². The Morgan fingerprint density at radius 2 is 1.06 bits per heavy atom. The molecular weight excluding hydrogens is 502 g/mol. The SMILES string of the molecule is CC[c-]1ccc(P(c2ccccc2)c2ccccc2)c1P(C(C)(C)C)C(C)(C)C.[Fe].[cH-]1[cH-][cH-][cH-][cH-]1. The van der Waals surface area contributed by atoms with Crippen molar-refractivity contribution in [1.29, 1.82) is 0 Å². The van der Waals surface area contributed by atoms with Gasteiger partial charge in [0.25, 0.3) is 0 Å². The van der Waals surface area contributed by atoms with Crippen molar-refractivity contribution in [2.45, 2.75) is 65.2 Å². The summed E-state index contributed by atoms with van der Waals surface area (Å²) >= 11 is 0. The Morgan fingerprint density at radius 1 is 0.657 bits per heavy atom. The third kappa shape index (κ3) is 7.75. The topological polar surface area (TPSA) is 0 Å². The van der Waals surface area contributed by atoms with Crippen LogP contribution in [0.4, 0.5) is 0 Å². The summed E-state index contributed by atoms with van der Waals surface area (Å²) in [7, 11) is -0.907. The van der Waals surface area contributed by atoms with Crippen molar-refractivity contribution >= 4 is 37.1 Å². The molecule has 0 N–H and O–H groups in total. The minimum absolute atomic E-state index is 0. The summed E-state index contributed by atoms with van der Waals surface area (Å²) in [5.74, 6) is 0. The number of aryl methyl sites for hydroxylation is 1. The third-order valence-corrected chi connectivity index (χ3v) is 12.1. The molecular formula is C32H40FeP2-6. The molecule has 0 aromatic heterocycles. The maximum absolute atomic E-state index is 2.45. The third-order valence-electron chi connectivity index (χ3n) is 5.76. The van der Waals surface area contributed by atoms with E-state index in [-0.39, 0.29) is 35.3 Å². The van der Waals surface area contributed by atoms with Gasteiger partial charge >= 0.3 is 0 Å². The molecule has 0 fully saturated rings. The van der Waals surface area contributed by atoms with Crippen molar-refractivity contribution in [2.75, 3.05) is 0 Å². The molecule has 0 unspecified atom stereocenters. The molecule has 0 amide bonds. The van der Waals surface area contributed by atoms with Crippen LogP contribution in [0.25, 0.3) is 0 Å². The first-order valence-corrected chi connectivity index (χ1v) is 15.0. The number of rotatable bonds is 5. The first kappa shape index (κ1) is 29.7. The first-order valence-electron chi connectivity index (χ1n) is 12.3. The standard InChI is InChI=1S/C27H35P2.C5H5.Fe/c1-8-21-19-20-24(25(21)29(26(2,3)4)27(5,6)7)28(22-15-11-9-12-16-22)23-17-13-10-14-18-23;1-2-4-5-3-1;/h9-20H,8H2,1-7H3;1-5H;/q-1;-5;. The van der Waals surface area contributed by atoms with Gasteiger partial charge in [-0.2, -0.15) is 11.4 Å². The van der Waals surface area contributed by atoms with E-state index in [0.29, 0.717) is 0 Å². The normalized spacial score (nSPS) is 11.7. The fourth-order valence-corrected chi connectivity index (χ4v) is 12.0. The average molecular weight is 542 g/mol. The van der Waals surface area contributed by atoms with E-state index in [1.807, 2.05) is 30.3 Å². The Hall–Kier alpha value is -1.48. The van der Waals surface area contributed by atoms with E-state index >= 15 is 0 Å². The van der Waals surface area contributed by atoms with Crippen molar-refractivity contribution in [2.24, 2.45) is 0 Å². The van der Waals surface area contributed by atoms with Crippen LogP contribution in [0, 0.1) is 0 Å². The van der Waals surface area contributed by atoms with Gasteiger partial charge in [0.1, 0.15) is 0 Å². The van der Waals surface area contributed by atoms with E-state index < -0.39 is 7.92 Å². The average Bonchev–Trinajstić information content (AvgIpc) is 3.48. The zero-order chi connectivity index (χ0) is 24.8. The monoisotopic (exact) mass is 542 g/mol. The smallest absolute Gasteiger partial charge is 0 e. The van der Waals surface area contributed by atoms with Crippen molar-refractivity contribution in [3.05, 3.63) is 109 Å². The van der Waals surface area contributed by atoms with Crippen LogP contribution in [0.15, 0.2) is 103 Å². The van der Waals surface area contributed by atoms with Crippen LogP contribution < -0.4 is 21.2 Å². The van der Waals surface area contributed by atoms with Crippen LogP contribution in [-0.4, -0.2) is 10.3 Å². The van der Waals surface area contributed by atoms with E-state index in [1.54, 1.807) is 16.2 Å². The van der Waals surface area contributed by atoms with Gasteiger partial charge in [-0.1, -0.05) is 131 Å². The number of benzene rings is 2. The largest absolute Gasteiger partial charge is 0.748 e. The minimum atomic E-state index is -0.562. The molecule has 0 heterocycles. The summed E-state index contributed by atoms with van der Waals surface area (Å²) in [6, 6.07) is 37.1. The summed E-state index contributed by atoms with van der Waals surface area (Å²) in [4.78, 5) is 0. The van der Waals surface area contributed by atoms with Crippen molar-refractivity contribution in [1.82, 2.24) is 0 Å². The molecule has 0 atom stereocenters. The van der Waals surface area contributed by atoms with Gasteiger partial charge in [-0.15, -0.1) is 10.9 Å². The van der Waals surface area contributed by atoms with Gasteiger partial charge in [0.15, 0.2) is 0 Å². The number of hydrogen-bond acceptors (Lipinski definition) is 0. The Balaban J connectivity index is 0.000000640. The van der Waals surface area contributed by atoms with Crippen LogP contribution in [-0.2, 0) is 23.5 Å². The van der Waals surface area contributed by atoms with Gasteiger partial charge in [0.2, 0.25) is 0 Å². The quantitative estimate of drug-likeness (QED) is 0.137. The molecule has 4 aromatic rings. The van der Waals surface area contributed by atoms with Crippen LogP contribution in [0.3, 0.4) is 0 Å². The second kappa shape index (κ2) is 13.2. The summed E-state index contributed by atoms with van der Waals surface area (Å²) < 4.78 is 0. The summed E-state index contributed by atoms with van der Waals surface area (Å²) in [5.41, 5.74) is 1.55. The zero-order valence-electron chi connectivity index (χ0n) is 22.3. The summed E-state index contributed by atoms with van der Waals surface area (Å²) in [6.45, 7) is 16.9. The van der Waals surface area contributed by atoms with Crippen molar-refractivity contribution in [3.8, 4) is 0 Å². The molecule has 0 aliphatic heterocycles. The second-order valence-corrected chi connectivity index (χ2v) is 16.6. The maximum Gasteiger partial charge on any atom is 0 e. The maximum atomic E-state index is 2.45. The van der Waals surface area contributed by atoms with Crippen LogP contribution in [0.2, 0.25) is 0 Å². The van der Waals surface area contributed by atoms with E-state index in [1.165, 1.54) is 10.6 Å². The molecule has 0 spiro atoms. The molecule has 0 saturated heterocycles. The van der Waals surface area contributed by atoms with Crippen molar-refractivity contribution < 1.29 is 17.1 Å². The molecule has 192 valence electrons. The molecule has 0 nitrogen and oxygen atoms in total. The van der Waals surface area contributed by atoms with Gasteiger partial charge < -0.3 is 30.3 Å². The Kier molecular flexibility index (Phi) is 11.2. The summed E-state index contributed by atoms with van der Waals surface area (Å²) in [5, 5.41) is 6.65. The molecule has 0 aliphatic carbocycles. The summed E-state index contributed by atoms with van der Waals surface area (Å²) in [6.07, 6.45) is 1.10. The minimum Gasteiger partial charge on any atom is -0.748 e. The molecule has 3 heteroatoms. The zero-order valence-corrected chi connectivity index (χ0v) is 25.2. The van der Waals surface area contributed by atoms with Gasteiger partial charge in [-0.05, 0) is 20.9 Å². The molecule has 0 saturated carbocycles. The number of hydrogen-bond donors (Lipinski definition) is 0. The molecule has 0 aliphatic rings. The van der Waals surface area contributed by atoms with E-state index in [2.05, 4.69) is 121 Å². The van der Waals surface area contributed by atoms with Gasteiger partial charge in [0, 0.05) is 17.1 Å². The van der Waals surface area contributed by atoms with Crippen LogP contribution in [0.1, 0.15) is 54.0 Å². The molecule has 0 bridgehead atoms. The Bertz CT molecular complexity index is 1030. The molecule has 4 aromatic carbocycles. The predicted octanol–water partition coefficient (Wildman–Crippen LogP) is 7.83. The molecule has 35 heavy (non-hydrogen) atoms. The predicted molar refractivity (Wildman–Crippen MR) is 158 cm³/mol. The molecule has 0 radical (unpaired) electrons. The Morgan fingerprint density at radius 3 is 1.40 bits per heavy atom.